The Morgan fingerprint density at radius 3 is 2.25 bits per heavy atom. The second kappa shape index (κ2) is 9.15. The molecular formula is C11H20O5. The molecule has 0 aromatic heterocycles. The third-order valence-electron chi connectivity index (χ3n) is 2.41. The Balaban J connectivity index is 3.63. The number of carbonyl (C=O) groups is 2. The van der Waals surface area contributed by atoms with Gasteiger partial charge in [0, 0.05) is 13.0 Å². The Labute approximate surface area is 95.7 Å². The van der Waals surface area contributed by atoms with Gasteiger partial charge in [0.2, 0.25) is 0 Å². The van der Waals surface area contributed by atoms with Crippen LogP contribution in [0.1, 0.15) is 32.1 Å². The zero-order valence-electron chi connectivity index (χ0n) is 9.90. The smallest absolute Gasteiger partial charge is 0.305 e. The molecule has 1 unspecified atom stereocenters. The molecule has 0 heterocycles. The number of esters is 2. The summed E-state index contributed by atoms with van der Waals surface area (Å²) in [6.07, 6.45) is 2.82. The predicted molar refractivity (Wildman–Crippen MR) is 57.7 cm³/mol. The van der Waals surface area contributed by atoms with Gasteiger partial charge in [0.15, 0.2) is 0 Å². The summed E-state index contributed by atoms with van der Waals surface area (Å²) >= 11 is 0. The van der Waals surface area contributed by atoms with Gasteiger partial charge in [-0.3, -0.25) is 9.59 Å². The number of aliphatic hydroxyl groups is 1. The van der Waals surface area contributed by atoms with Gasteiger partial charge in [-0.25, -0.2) is 0 Å². The van der Waals surface area contributed by atoms with Crippen LogP contribution in [0.15, 0.2) is 0 Å². The molecule has 0 aliphatic carbocycles. The minimum absolute atomic E-state index is 0.0344. The molecule has 0 bridgehead atoms. The van der Waals surface area contributed by atoms with Gasteiger partial charge in [0.25, 0.3) is 0 Å². The lowest BCUT2D eigenvalue weighted by Crippen LogP contribution is -2.13. The van der Waals surface area contributed by atoms with Crippen LogP contribution in [0.5, 0.6) is 0 Å². The van der Waals surface area contributed by atoms with Crippen LogP contribution in [-0.2, 0) is 19.1 Å². The minimum Gasteiger partial charge on any atom is -0.469 e. The molecule has 94 valence electrons. The van der Waals surface area contributed by atoms with Crippen LogP contribution in [0.25, 0.3) is 0 Å². The number of unbranched alkanes of at least 4 members (excludes halogenated alkanes) is 1. The second-order valence-electron chi connectivity index (χ2n) is 3.65. The van der Waals surface area contributed by atoms with Crippen molar-refractivity contribution in [2.24, 2.45) is 5.92 Å². The molecule has 0 rings (SSSR count). The third-order valence-corrected chi connectivity index (χ3v) is 2.41. The van der Waals surface area contributed by atoms with Crippen LogP contribution in [0, 0.1) is 5.92 Å². The van der Waals surface area contributed by atoms with E-state index in [4.69, 9.17) is 5.11 Å². The van der Waals surface area contributed by atoms with Gasteiger partial charge in [-0.1, -0.05) is 6.42 Å². The topological polar surface area (TPSA) is 72.8 Å². The van der Waals surface area contributed by atoms with E-state index >= 15 is 0 Å². The fraction of sp³-hybridized carbons (Fsp3) is 0.818. The van der Waals surface area contributed by atoms with Crippen LogP contribution in [0.4, 0.5) is 0 Å². The van der Waals surface area contributed by atoms with E-state index in [1.165, 1.54) is 14.2 Å². The van der Waals surface area contributed by atoms with E-state index in [2.05, 4.69) is 9.47 Å². The van der Waals surface area contributed by atoms with E-state index in [-0.39, 0.29) is 30.9 Å². The normalized spacial score (nSPS) is 11.9. The summed E-state index contributed by atoms with van der Waals surface area (Å²) in [5, 5.41) is 9.03. The molecule has 0 saturated heterocycles. The van der Waals surface area contributed by atoms with Crippen molar-refractivity contribution in [1.82, 2.24) is 0 Å². The Morgan fingerprint density at radius 2 is 1.75 bits per heavy atom. The number of hydrogen-bond donors (Lipinski definition) is 1. The molecule has 0 amide bonds. The Morgan fingerprint density at radius 1 is 1.12 bits per heavy atom. The highest BCUT2D eigenvalue weighted by molar-refractivity contribution is 5.69. The molecule has 1 atom stereocenters. The van der Waals surface area contributed by atoms with Crippen LogP contribution >= 0.6 is 0 Å². The van der Waals surface area contributed by atoms with Crippen LogP contribution in [-0.4, -0.2) is 37.9 Å². The first-order chi connectivity index (χ1) is 7.63. The number of ether oxygens (including phenoxy) is 2. The molecule has 0 saturated carbocycles. The van der Waals surface area contributed by atoms with Gasteiger partial charge in [0.1, 0.15) is 0 Å². The van der Waals surface area contributed by atoms with E-state index in [0.717, 1.165) is 6.42 Å². The first kappa shape index (κ1) is 14.9. The fourth-order valence-electron chi connectivity index (χ4n) is 1.38. The zero-order chi connectivity index (χ0) is 12.4. The second-order valence-corrected chi connectivity index (χ2v) is 3.65. The molecule has 5 nitrogen and oxygen atoms in total. The standard InChI is InChI=1S/C11H20O5/c1-15-10(13)6-4-3-5-9(8-12)7-11(14)16-2/h9,12H,3-8H2,1-2H3. The molecular weight excluding hydrogens is 212 g/mol. The van der Waals surface area contributed by atoms with Crippen molar-refractivity contribution in [2.45, 2.75) is 32.1 Å². The van der Waals surface area contributed by atoms with E-state index in [9.17, 15) is 9.59 Å². The van der Waals surface area contributed by atoms with Crippen molar-refractivity contribution in [3.63, 3.8) is 0 Å². The lowest BCUT2D eigenvalue weighted by atomic mass is 9.99. The maximum Gasteiger partial charge on any atom is 0.305 e. The van der Waals surface area contributed by atoms with Gasteiger partial charge in [-0.2, -0.15) is 0 Å². The van der Waals surface area contributed by atoms with E-state index in [1.54, 1.807) is 0 Å². The number of carbonyl (C=O) groups excluding carboxylic acids is 2. The largest absolute Gasteiger partial charge is 0.469 e. The number of methoxy groups -OCH3 is 2. The summed E-state index contributed by atoms with van der Waals surface area (Å²) in [6, 6.07) is 0. The molecule has 0 spiro atoms. The van der Waals surface area contributed by atoms with Crippen molar-refractivity contribution < 1.29 is 24.2 Å². The molecule has 16 heavy (non-hydrogen) atoms. The molecule has 1 N–H and O–H groups in total. The lowest BCUT2D eigenvalue weighted by Gasteiger charge is -2.11. The monoisotopic (exact) mass is 232 g/mol. The summed E-state index contributed by atoms with van der Waals surface area (Å²) in [5.74, 6) is -0.620. The van der Waals surface area contributed by atoms with E-state index in [0.29, 0.717) is 19.3 Å². The molecule has 0 aromatic rings. The molecule has 0 aromatic carbocycles. The summed E-state index contributed by atoms with van der Waals surface area (Å²) in [4.78, 5) is 21.8. The van der Waals surface area contributed by atoms with Crippen LogP contribution < -0.4 is 0 Å². The maximum absolute atomic E-state index is 11.0. The lowest BCUT2D eigenvalue weighted by molar-refractivity contribution is -0.142. The van der Waals surface area contributed by atoms with Crippen molar-refractivity contribution in [2.75, 3.05) is 20.8 Å². The fourth-order valence-corrected chi connectivity index (χ4v) is 1.38. The van der Waals surface area contributed by atoms with E-state index < -0.39 is 0 Å². The first-order valence-electron chi connectivity index (χ1n) is 5.38. The average molecular weight is 232 g/mol. The van der Waals surface area contributed by atoms with Gasteiger partial charge in [0.05, 0.1) is 20.6 Å². The van der Waals surface area contributed by atoms with Crippen LogP contribution in [0.2, 0.25) is 0 Å². The molecule has 0 fully saturated rings. The number of hydrogen-bond acceptors (Lipinski definition) is 5. The summed E-state index contributed by atoms with van der Waals surface area (Å²) in [7, 11) is 2.68. The Hall–Kier alpha value is -1.10. The molecule has 0 aliphatic heterocycles. The SMILES string of the molecule is COC(=O)CCCCC(CO)CC(=O)OC. The Kier molecular flexibility index (Phi) is 8.52. The third kappa shape index (κ3) is 7.23. The molecule has 0 radical (unpaired) electrons. The Bertz CT molecular complexity index is 214. The quantitative estimate of drug-likeness (QED) is 0.497. The number of aliphatic hydroxyl groups excluding tert-OH is 1. The zero-order valence-corrected chi connectivity index (χ0v) is 9.90. The van der Waals surface area contributed by atoms with Crippen molar-refractivity contribution >= 4 is 11.9 Å². The predicted octanol–water partition coefficient (Wildman–Crippen LogP) is 0.891. The maximum atomic E-state index is 11.0. The summed E-state index contributed by atoms with van der Waals surface area (Å²) < 4.78 is 9.02. The van der Waals surface area contributed by atoms with Gasteiger partial charge < -0.3 is 14.6 Å². The van der Waals surface area contributed by atoms with Crippen molar-refractivity contribution in [3.8, 4) is 0 Å². The first-order valence-corrected chi connectivity index (χ1v) is 5.38. The summed E-state index contributed by atoms with van der Waals surface area (Å²) in [5.41, 5.74) is 0. The average Bonchev–Trinajstić information content (AvgIpc) is 2.32. The summed E-state index contributed by atoms with van der Waals surface area (Å²) in [6.45, 7) is -0.0344. The van der Waals surface area contributed by atoms with Gasteiger partial charge in [-0.15, -0.1) is 0 Å². The molecule has 0 aliphatic rings. The highest BCUT2D eigenvalue weighted by atomic mass is 16.5. The van der Waals surface area contributed by atoms with Crippen LogP contribution in [0.3, 0.4) is 0 Å². The van der Waals surface area contributed by atoms with Crippen molar-refractivity contribution in [1.29, 1.82) is 0 Å². The van der Waals surface area contributed by atoms with E-state index in [1.807, 2.05) is 0 Å². The highest BCUT2D eigenvalue weighted by Gasteiger charge is 2.13. The number of rotatable bonds is 8. The van der Waals surface area contributed by atoms with Crippen molar-refractivity contribution in [3.05, 3.63) is 0 Å². The van der Waals surface area contributed by atoms with Gasteiger partial charge in [-0.05, 0) is 18.8 Å². The molecule has 5 heteroatoms. The minimum atomic E-state index is -0.313. The van der Waals surface area contributed by atoms with Gasteiger partial charge >= 0.3 is 11.9 Å². The highest BCUT2D eigenvalue weighted by Crippen LogP contribution is 2.14.